The Morgan fingerprint density at radius 1 is 1.22 bits per heavy atom. The maximum absolute atomic E-state index is 11.6. The first-order valence-electron chi connectivity index (χ1n) is 8.86. The number of carboxylic acids is 1. The smallest absolute Gasteiger partial charge is 0.320 e. The summed E-state index contributed by atoms with van der Waals surface area (Å²) in [5.41, 5.74) is 1.18. The lowest BCUT2D eigenvalue weighted by atomic mass is 9.85. The summed E-state index contributed by atoms with van der Waals surface area (Å²) >= 11 is 0. The van der Waals surface area contributed by atoms with Crippen molar-refractivity contribution in [2.45, 2.75) is 57.2 Å². The van der Waals surface area contributed by atoms with Gasteiger partial charge in [-0.25, -0.2) is 0 Å². The average Bonchev–Trinajstić information content (AvgIpc) is 2.95. The van der Waals surface area contributed by atoms with Gasteiger partial charge in [0.1, 0.15) is 6.04 Å². The molecule has 1 saturated carbocycles. The van der Waals surface area contributed by atoms with Crippen LogP contribution in [0.2, 0.25) is 0 Å². The summed E-state index contributed by atoms with van der Waals surface area (Å²) in [6.45, 7) is 2.16. The second kappa shape index (κ2) is 7.93. The van der Waals surface area contributed by atoms with Crippen molar-refractivity contribution in [3.63, 3.8) is 0 Å². The fourth-order valence-corrected chi connectivity index (χ4v) is 4.23. The Morgan fingerprint density at radius 3 is 2.78 bits per heavy atom. The summed E-state index contributed by atoms with van der Waals surface area (Å²) in [6.07, 6.45) is 6.62. The number of hydrogen-bond donors (Lipinski definition) is 1. The van der Waals surface area contributed by atoms with E-state index in [0.29, 0.717) is 25.2 Å². The molecule has 1 aromatic carbocycles. The predicted octanol–water partition coefficient (Wildman–Crippen LogP) is 3.31. The van der Waals surface area contributed by atoms with Crippen molar-refractivity contribution in [3.8, 4) is 0 Å². The minimum Gasteiger partial charge on any atom is -0.480 e. The third-order valence-corrected chi connectivity index (χ3v) is 5.32. The number of carboxylic acid groups (broad SMARTS) is 1. The van der Waals surface area contributed by atoms with Crippen LogP contribution >= 0.6 is 0 Å². The van der Waals surface area contributed by atoms with Crippen LogP contribution in [0.15, 0.2) is 30.3 Å². The standard InChI is InChI=1S/C19H27NO3/c21-19(22)18-13-16-9-4-5-10-17(16)20(18)11-6-12-23-14-15-7-2-1-3-8-15/h1-3,7-8,16-18H,4-6,9-14H2,(H,21,22). The number of hydrogen-bond acceptors (Lipinski definition) is 3. The molecule has 23 heavy (non-hydrogen) atoms. The first-order chi connectivity index (χ1) is 11.3. The van der Waals surface area contributed by atoms with E-state index in [0.717, 1.165) is 19.4 Å². The van der Waals surface area contributed by atoms with E-state index in [1.54, 1.807) is 0 Å². The van der Waals surface area contributed by atoms with Crippen LogP contribution in [0.5, 0.6) is 0 Å². The molecular weight excluding hydrogens is 290 g/mol. The SMILES string of the molecule is O=C(O)C1CC2CCCCC2N1CCCOCc1ccccc1. The Labute approximate surface area is 138 Å². The van der Waals surface area contributed by atoms with E-state index in [1.807, 2.05) is 18.2 Å². The van der Waals surface area contributed by atoms with Gasteiger partial charge >= 0.3 is 5.97 Å². The van der Waals surface area contributed by atoms with Crippen LogP contribution < -0.4 is 0 Å². The number of aliphatic carboxylic acids is 1. The van der Waals surface area contributed by atoms with Gasteiger partial charge in [0, 0.05) is 19.2 Å². The normalized spacial score (nSPS) is 27.7. The van der Waals surface area contributed by atoms with Gasteiger partial charge in [-0.1, -0.05) is 43.2 Å². The Morgan fingerprint density at radius 2 is 2.00 bits per heavy atom. The fourth-order valence-electron chi connectivity index (χ4n) is 4.23. The van der Waals surface area contributed by atoms with Crippen molar-refractivity contribution in [1.29, 1.82) is 0 Å². The largest absolute Gasteiger partial charge is 0.480 e. The third kappa shape index (κ3) is 4.12. The van der Waals surface area contributed by atoms with Crippen molar-refractivity contribution in [2.24, 2.45) is 5.92 Å². The highest BCUT2D eigenvalue weighted by Crippen LogP contribution is 2.39. The molecular formula is C19H27NO3. The van der Waals surface area contributed by atoms with Gasteiger partial charge in [0.05, 0.1) is 6.61 Å². The molecule has 0 aromatic heterocycles. The van der Waals surface area contributed by atoms with Gasteiger partial charge in [-0.2, -0.15) is 0 Å². The zero-order valence-corrected chi connectivity index (χ0v) is 13.7. The molecule has 0 amide bonds. The molecule has 0 radical (unpaired) electrons. The molecule has 4 heteroatoms. The molecule has 1 aliphatic carbocycles. The minimum absolute atomic E-state index is 0.280. The Kier molecular flexibility index (Phi) is 5.68. The highest BCUT2D eigenvalue weighted by Gasteiger charge is 2.44. The van der Waals surface area contributed by atoms with E-state index in [4.69, 9.17) is 4.74 Å². The maximum Gasteiger partial charge on any atom is 0.320 e. The van der Waals surface area contributed by atoms with Crippen molar-refractivity contribution < 1.29 is 14.6 Å². The van der Waals surface area contributed by atoms with Crippen LogP contribution in [0.3, 0.4) is 0 Å². The second-order valence-electron chi connectivity index (χ2n) is 6.83. The van der Waals surface area contributed by atoms with Crippen molar-refractivity contribution in [3.05, 3.63) is 35.9 Å². The molecule has 1 aliphatic heterocycles. The van der Waals surface area contributed by atoms with E-state index in [-0.39, 0.29) is 6.04 Å². The molecule has 2 aliphatic rings. The first-order valence-corrected chi connectivity index (χ1v) is 8.86. The zero-order chi connectivity index (χ0) is 16.1. The van der Waals surface area contributed by atoms with E-state index in [1.165, 1.54) is 31.2 Å². The quantitative estimate of drug-likeness (QED) is 0.784. The number of benzene rings is 1. The van der Waals surface area contributed by atoms with Crippen LogP contribution in [0.25, 0.3) is 0 Å². The van der Waals surface area contributed by atoms with Gasteiger partial charge in [-0.15, -0.1) is 0 Å². The average molecular weight is 317 g/mol. The zero-order valence-electron chi connectivity index (χ0n) is 13.7. The maximum atomic E-state index is 11.6. The first kappa shape index (κ1) is 16.5. The molecule has 1 N–H and O–H groups in total. The summed E-state index contributed by atoms with van der Waals surface area (Å²) in [4.78, 5) is 13.8. The molecule has 1 aromatic rings. The Balaban J connectivity index is 1.45. The van der Waals surface area contributed by atoms with Crippen molar-refractivity contribution >= 4 is 5.97 Å². The molecule has 3 unspecified atom stereocenters. The molecule has 126 valence electrons. The van der Waals surface area contributed by atoms with E-state index in [9.17, 15) is 9.90 Å². The summed E-state index contributed by atoms with van der Waals surface area (Å²) in [7, 11) is 0. The topological polar surface area (TPSA) is 49.8 Å². The lowest BCUT2D eigenvalue weighted by Gasteiger charge is -2.32. The molecule has 3 atom stereocenters. The van der Waals surface area contributed by atoms with Crippen LogP contribution in [0.4, 0.5) is 0 Å². The van der Waals surface area contributed by atoms with Gasteiger partial charge in [0.15, 0.2) is 0 Å². The van der Waals surface area contributed by atoms with E-state index in [2.05, 4.69) is 17.0 Å². The van der Waals surface area contributed by atoms with Crippen LogP contribution in [-0.4, -0.2) is 41.2 Å². The van der Waals surface area contributed by atoms with Crippen LogP contribution in [0, 0.1) is 5.92 Å². The highest BCUT2D eigenvalue weighted by atomic mass is 16.5. The number of carbonyl (C=O) groups is 1. The Hall–Kier alpha value is -1.39. The van der Waals surface area contributed by atoms with Crippen molar-refractivity contribution in [1.82, 2.24) is 4.90 Å². The van der Waals surface area contributed by atoms with Gasteiger partial charge in [-0.3, -0.25) is 9.69 Å². The number of likely N-dealkylation sites (tertiary alicyclic amines) is 1. The third-order valence-electron chi connectivity index (χ3n) is 5.32. The molecule has 3 rings (SSSR count). The molecule has 0 bridgehead atoms. The van der Waals surface area contributed by atoms with Crippen LogP contribution in [-0.2, 0) is 16.1 Å². The van der Waals surface area contributed by atoms with Crippen molar-refractivity contribution in [2.75, 3.05) is 13.2 Å². The molecule has 1 heterocycles. The lowest BCUT2D eigenvalue weighted by molar-refractivity contribution is -0.142. The summed E-state index contributed by atoms with van der Waals surface area (Å²) in [5, 5.41) is 9.51. The lowest BCUT2D eigenvalue weighted by Crippen LogP contribution is -2.43. The number of rotatable bonds is 7. The monoisotopic (exact) mass is 317 g/mol. The Bertz CT molecular complexity index is 505. The second-order valence-corrected chi connectivity index (χ2v) is 6.83. The molecule has 1 saturated heterocycles. The fraction of sp³-hybridized carbons (Fsp3) is 0.632. The van der Waals surface area contributed by atoms with E-state index < -0.39 is 5.97 Å². The molecule has 4 nitrogen and oxygen atoms in total. The summed E-state index contributed by atoms with van der Waals surface area (Å²) in [6, 6.07) is 10.4. The number of ether oxygens (including phenoxy) is 1. The van der Waals surface area contributed by atoms with Gasteiger partial charge in [-0.05, 0) is 37.2 Å². The van der Waals surface area contributed by atoms with E-state index >= 15 is 0 Å². The number of nitrogens with zero attached hydrogens (tertiary/aromatic N) is 1. The predicted molar refractivity (Wildman–Crippen MR) is 89.2 cm³/mol. The summed E-state index contributed by atoms with van der Waals surface area (Å²) in [5.74, 6) is -0.0558. The van der Waals surface area contributed by atoms with Crippen LogP contribution in [0.1, 0.15) is 44.1 Å². The summed E-state index contributed by atoms with van der Waals surface area (Å²) < 4.78 is 5.74. The molecule has 0 spiro atoms. The number of fused-ring (bicyclic) bond motifs is 1. The van der Waals surface area contributed by atoms with Gasteiger partial charge < -0.3 is 9.84 Å². The minimum atomic E-state index is -0.649. The molecule has 2 fully saturated rings. The highest BCUT2D eigenvalue weighted by molar-refractivity contribution is 5.74. The van der Waals surface area contributed by atoms with Gasteiger partial charge in [0.2, 0.25) is 0 Å². The van der Waals surface area contributed by atoms with Gasteiger partial charge in [0.25, 0.3) is 0 Å².